The van der Waals surface area contributed by atoms with Gasteiger partial charge in [-0.25, -0.2) is 5.48 Å². The van der Waals surface area contributed by atoms with Gasteiger partial charge in [-0.3, -0.25) is 14.5 Å². The Morgan fingerprint density at radius 3 is 2.77 bits per heavy atom. The van der Waals surface area contributed by atoms with E-state index in [1.54, 1.807) is 0 Å². The molecule has 22 heavy (non-hydrogen) atoms. The second kappa shape index (κ2) is 9.53. The van der Waals surface area contributed by atoms with Gasteiger partial charge in [0.2, 0.25) is 0 Å². The average Bonchev–Trinajstić information content (AvgIpc) is 2.56. The molecule has 1 aliphatic heterocycles. The summed E-state index contributed by atoms with van der Waals surface area (Å²) in [6.45, 7) is 3.76. The molecule has 0 aromatic heterocycles. The highest BCUT2D eigenvalue weighted by atomic mass is 16.7. The molecule has 0 aliphatic carbocycles. The second-order valence-corrected chi connectivity index (χ2v) is 5.44. The lowest BCUT2D eigenvalue weighted by Gasteiger charge is -2.29. The first-order chi connectivity index (χ1) is 10.8. The van der Waals surface area contributed by atoms with Gasteiger partial charge in [-0.05, 0) is 24.8 Å². The molecule has 0 bridgehead atoms. The third-order valence-electron chi connectivity index (χ3n) is 3.54. The second-order valence-electron chi connectivity index (χ2n) is 5.44. The standard InChI is InChI=1S/C16H25N3O3/c1-2-10-21-19-16(20)15-9-8-14(11-17-15)18-22-12-13-6-4-3-5-7-13/h3-7,14-15,17-18H,2,8-12H2,1H3,(H,19,20)/t14-,15+/m1/s1. The van der Waals surface area contributed by atoms with Crippen molar-refractivity contribution >= 4 is 5.91 Å². The van der Waals surface area contributed by atoms with E-state index in [1.165, 1.54) is 0 Å². The van der Waals surface area contributed by atoms with E-state index in [4.69, 9.17) is 9.68 Å². The Morgan fingerprint density at radius 1 is 1.27 bits per heavy atom. The van der Waals surface area contributed by atoms with E-state index in [2.05, 4.69) is 16.3 Å². The molecule has 1 heterocycles. The molecule has 2 rings (SSSR count). The zero-order chi connectivity index (χ0) is 15.6. The van der Waals surface area contributed by atoms with Gasteiger partial charge >= 0.3 is 0 Å². The number of benzene rings is 1. The Labute approximate surface area is 131 Å². The number of nitrogens with one attached hydrogen (secondary N) is 3. The van der Waals surface area contributed by atoms with Crippen LogP contribution in [-0.4, -0.2) is 31.1 Å². The summed E-state index contributed by atoms with van der Waals surface area (Å²) in [5, 5.41) is 3.21. The molecule has 1 aliphatic rings. The maximum absolute atomic E-state index is 11.8. The molecule has 6 heteroatoms. The highest BCUT2D eigenvalue weighted by Gasteiger charge is 2.25. The minimum Gasteiger partial charge on any atom is -0.304 e. The van der Waals surface area contributed by atoms with Crippen molar-refractivity contribution in [3.63, 3.8) is 0 Å². The van der Waals surface area contributed by atoms with Gasteiger partial charge in [0, 0.05) is 12.6 Å². The molecule has 1 fully saturated rings. The number of hydrogen-bond acceptors (Lipinski definition) is 5. The number of carbonyl (C=O) groups is 1. The first kappa shape index (κ1) is 16.9. The molecule has 0 unspecified atom stereocenters. The average molecular weight is 307 g/mol. The van der Waals surface area contributed by atoms with E-state index >= 15 is 0 Å². The van der Waals surface area contributed by atoms with Crippen molar-refractivity contribution < 1.29 is 14.5 Å². The van der Waals surface area contributed by atoms with Crippen LogP contribution in [0.1, 0.15) is 31.7 Å². The van der Waals surface area contributed by atoms with Gasteiger partial charge < -0.3 is 5.32 Å². The maximum atomic E-state index is 11.8. The van der Waals surface area contributed by atoms with Crippen LogP contribution >= 0.6 is 0 Å². The number of hydrogen-bond donors (Lipinski definition) is 3. The molecule has 1 aromatic carbocycles. The minimum atomic E-state index is -0.191. The van der Waals surface area contributed by atoms with Crippen molar-refractivity contribution in [3.8, 4) is 0 Å². The van der Waals surface area contributed by atoms with Crippen LogP contribution in [0.4, 0.5) is 0 Å². The van der Waals surface area contributed by atoms with E-state index in [1.807, 2.05) is 37.3 Å². The monoisotopic (exact) mass is 307 g/mol. The Bertz CT molecular complexity index is 434. The van der Waals surface area contributed by atoms with Gasteiger partial charge in [-0.15, -0.1) is 0 Å². The summed E-state index contributed by atoms with van der Waals surface area (Å²) >= 11 is 0. The quantitative estimate of drug-likeness (QED) is 0.498. The minimum absolute atomic E-state index is 0.0999. The van der Waals surface area contributed by atoms with E-state index < -0.39 is 0 Å². The van der Waals surface area contributed by atoms with Gasteiger partial charge in [0.1, 0.15) is 0 Å². The SMILES string of the molecule is CCCONC(=O)[C@@H]1CC[C@@H](NOCc2ccccc2)CN1. The first-order valence-electron chi connectivity index (χ1n) is 7.86. The molecule has 0 saturated carbocycles. The number of carbonyl (C=O) groups excluding carboxylic acids is 1. The van der Waals surface area contributed by atoms with Gasteiger partial charge in [0.25, 0.3) is 5.91 Å². The van der Waals surface area contributed by atoms with Crippen LogP contribution in [0.3, 0.4) is 0 Å². The summed E-state index contributed by atoms with van der Waals surface area (Å²) in [6.07, 6.45) is 2.52. The lowest BCUT2D eigenvalue weighted by molar-refractivity contribution is -0.136. The summed E-state index contributed by atoms with van der Waals surface area (Å²) in [7, 11) is 0. The van der Waals surface area contributed by atoms with E-state index in [9.17, 15) is 4.79 Å². The lowest BCUT2D eigenvalue weighted by Crippen LogP contribution is -2.53. The van der Waals surface area contributed by atoms with Gasteiger partial charge in [0.15, 0.2) is 0 Å². The van der Waals surface area contributed by atoms with Gasteiger partial charge in [-0.2, -0.15) is 5.48 Å². The highest BCUT2D eigenvalue weighted by molar-refractivity contribution is 5.80. The van der Waals surface area contributed by atoms with Crippen LogP contribution in [0, 0.1) is 0 Å². The van der Waals surface area contributed by atoms with Gasteiger partial charge in [0.05, 0.1) is 19.3 Å². The van der Waals surface area contributed by atoms with Crippen LogP contribution in [-0.2, 0) is 21.1 Å². The molecule has 2 atom stereocenters. The highest BCUT2D eigenvalue weighted by Crippen LogP contribution is 2.09. The van der Waals surface area contributed by atoms with E-state index in [-0.39, 0.29) is 18.0 Å². The predicted molar refractivity (Wildman–Crippen MR) is 83.6 cm³/mol. The van der Waals surface area contributed by atoms with Crippen molar-refractivity contribution in [1.29, 1.82) is 0 Å². The van der Waals surface area contributed by atoms with Crippen molar-refractivity contribution in [3.05, 3.63) is 35.9 Å². The normalized spacial score (nSPS) is 21.5. The molecule has 122 valence electrons. The number of rotatable bonds is 8. The molecule has 0 spiro atoms. The fourth-order valence-corrected chi connectivity index (χ4v) is 2.29. The Morgan fingerprint density at radius 2 is 2.09 bits per heavy atom. The zero-order valence-corrected chi connectivity index (χ0v) is 13.0. The van der Waals surface area contributed by atoms with Crippen LogP contribution in [0.5, 0.6) is 0 Å². The van der Waals surface area contributed by atoms with Crippen molar-refractivity contribution in [1.82, 2.24) is 16.3 Å². The predicted octanol–water partition coefficient (Wildman–Crippen LogP) is 1.29. The molecule has 6 nitrogen and oxygen atoms in total. The van der Waals surface area contributed by atoms with Crippen LogP contribution in [0.25, 0.3) is 0 Å². The maximum Gasteiger partial charge on any atom is 0.260 e. The lowest BCUT2D eigenvalue weighted by atomic mass is 10.0. The number of amides is 1. The Balaban J connectivity index is 1.59. The smallest absolute Gasteiger partial charge is 0.260 e. The first-order valence-corrected chi connectivity index (χ1v) is 7.86. The third-order valence-corrected chi connectivity index (χ3v) is 3.54. The molecule has 3 N–H and O–H groups in total. The summed E-state index contributed by atoms with van der Waals surface area (Å²) in [6, 6.07) is 10.0. The molecule has 1 amide bonds. The largest absolute Gasteiger partial charge is 0.304 e. The number of piperidine rings is 1. The Hall–Kier alpha value is -1.47. The molecular weight excluding hydrogens is 282 g/mol. The number of hydroxylamine groups is 2. The summed E-state index contributed by atoms with van der Waals surface area (Å²) < 4.78 is 0. The van der Waals surface area contributed by atoms with Crippen molar-refractivity contribution in [2.45, 2.75) is 44.9 Å². The van der Waals surface area contributed by atoms with Crippen LogP contribution in [0.2, 0.25) is 0 Å². The molecule has 1 saturated heterocycles. The fraction of sp³-hybridized carbons (Fsp3) is 0.562. The van der Waals surface area contributed by atoms with E-state index in [0.29, 0.717) is 19.8 Å². The fourth-order valence-electron chi connectivity index (χ4n) is 2.29. The summed E-state index contributed by atoms with van der Waals surface area (Å²) in [5.41, 5.74) is 6.66. The zero-order valence-electron chi connectivity index (χ0n) is 13.0. The molecule has 1 aromatic rings. The van der Waals surface area contributed by atoms with Crippen LogP contribution in [0.15, 0.2) is 30.3 Å². The van der Waals surface area contributed by atoms with Crippen molar-refractivity contribution in [2.24, 2.45) is 0 Å². The summed E-state index contributed by atoms with van der Waals surface area (Å²) in [4.78, 5) is 22.4. The van der Waals surface area contributed by atoms with Gasteiger partial charge in [-0.1, -0.05) is 37.3 Å². The van der Waals surface area contributed by atoms with Crippen LogP contribution < -0.4 is 16.3 Å². The summed E-state index contributed by atoms with van der Waals surface area (Å²) in [5.74, 6) is -0.0999. The topological polar surface area (TPSA) is 71.6 Å². The van der Waals surface area contributed by atoms with E-state index in [0.717, 1.165) is 24.8 Å². The molecule has 0 radical (unpaired) electrons. The third kappa shape index (κ3) is 5.73. The molecular formula is C16H25N3O3. The Kier molecular flexibility index (Phi) is 7.32. The van der Waals surface area contributed by atoms with Crippen molar-refractivity contribution in [2.75, 3.05) is 13.2 Å².